The van der Waals surface area contributed by atoms with Crippen molar-refractivity contribution in [1.82, 2.24) is 5.32 Å². The third-order valence-electron chi connectivity index (χ3n) is 6.10. The van der Waals surface area contributed by atoms with E-state index in [1.165, 1.54) is 10.6 Å². The molecule has 4 aromatic rings. The molecule has 0 heterocycles. The van der Waals surface area contributed by atoms with Crippen molar-refractivity contribution in [2.75, 3.05) is 23.7 Å². The summed E-state index contributed by atoms with van der Waals surface area (Å²) >= 11 is 0. The molecule has 0 spiro atoms. The van der Waals surface area contributed by atoms with Crippen molar-refractivity contribution in [3.05, 3.63) is 107 Å². The van der Waals surface area contributed by atoms with Gasteiger partial charge < -0.3 is 10.1 Å². The van der Waals surface area contributed by atoms with E-state index in [4.69, 9.17) is 4.74 Å². The minimum atomic E-state index is -3.48. The van der Waals surface area contributed by atoms with Crippen LogP contribution in [0.4, 0.5) is 5.69 Å². The van der Waals surface area contributed by atoms with Crippen molar-refractivity contribution in [3.63, 3.8) is 0 Å². The second-order valence-electron chi connectivity index (χ2n) is 8.85. The number of carbonyl (C=O) groups excluding carboxylic acids is 1. The number of nitrogens with zero attached hydrogens (tertiary/aromatic N) is 1. The standard InChI is InChI=1S/C29H30N2O4S/c1-21-8-14-27(18-22(21)2)31(36(3,33)34)20-23-9-11-25(12-10-23)29(32)30-16-17-35-28-15-13-24-6-4-5-7-26(24)19-28/h4-15,18-19H,16-17,20H2,1-3H3,(H,30,32). The highest BCUT2D eigenvalue weighted by molar-refractivity contribution is 7.92. The molecular weight excluding hydrogens is 472 g/mol. The van der Waals surface area contributed by atoms with E-state index in [0.717, 1.165) is 33.2 Å². The number of amides is 1. The maximum absolute atomic E-state index is 12.5. The van der Waals surface area contributed by atoms with Gasteiger partial charge in [0.1, 0.15) is 12.4 Å². The Kier molecular flexibility index (Phi) is 7.60. The van der Waals surface area contributed by atoms with E-state index < -0.39 is 10.0 Å². The first-order chi connectivity index (χ1) is 17.2. The number of sulfonamides is 1. The quantitative estimate of drug-likeness (QED) is 0.318. The van der Waals surface area contributed by atoms with E-state index in [1.807, 2.05) is 74.5 Å². The van der Waals surface area contributed by atoms with E-state index in [2.05, 4.69) is 5.32 Å². The Morgan fingerprint density at radius 2 is 1.58 bits per heavy atom. The molecule has 4 rings (SSSR count). The van der Waals surface area contributed by atoms with Gasteiger partial charge in [-0.25, -0.2) is 8.42 Å². The fourth-order valence-electron chi connectivity index (χ4n) is 3.90. The molecule has 0 atom stereocenters. The number of nitrogens with one attached hydrogen (secondary N) is 1. The zero-order chi connectivity index (χ0) is 25.7. The van der Waals surface area contributed by atoms with Gasteiger partial charge in [-0.1, -0.05) is 48.5 Å². The molecular formula is C29H30N2O4S. The summed E-state index contributed by atoms with van der Waals surface area (Å²) in [6, 6.07) is 26.5. The fraction of sp³-hybridized carbons (Fsp3) is 0.207. The number of hydrogen-bond acceptors (Lipinski definition) is 4. The molecule has 0 saturated carbocycles. The van der Waals surface area contributed by atoms with Crippen LogP contribution in [0.2, 0.25) is 0 Å². The Morgan fingerprint density at radius 3 is 2.28 bits per heavy atom. The lowest BCUT2D eigenvalue weighted by molar-refractivity contribution is 0.0947. The molecule has 0 unspecified atom stereocenters. The Bertz CT molecular complexity index is 1480. The molecule has 186 valence electrons. The highest BCUT2D eigenvalue weighted by Crippen LogP contribution is 2.24. The number of aryl methyl sites for hydroxylation is 2. The molecule has 0 radical (unpaired) electrons. The van der Waals surface area contributed by atoms with Crippen molar-refractivity contribution in [2.24, 2.45) is 0 Å². The molecule has 0 aliphatic carbocycles. The van der Waals surface area contributed by atoms with Crippen LogP contribution in [0.25, 0.3) is 10.8 Å². The maximum Gasteiger partial charge on any atom is 0.251 e. The zero-order valence-corrected chi connectivity index (χ0v) is 21.5. The predicted molar refractivity (Wildman–Crippen MR) is 145 cm³/mol. The maximum atomic E-state index is 12.5. The SMILES string of the molecule is Cc1ccc(N(Cc2ccc(C(=O)NCCOc3ccc4ccccc4c3)cc2)S(C)(=O)=O)cc1C. The van der Waals surface area contributed by atoms with E-state index in [9.17, 15) is 13.2 Å². The first-order valence-corrected chi connectivity index (χ1v) is 13.6. The summed E-state index contributed by atoms with van der Waals surface area (Å²) in [6.45, 7) is 4.84. The van der Waals surface area contributed by atoms with E-state index in [0.29, 0.717) is 24.4 Å². The molecule has 0 bridgehead atoms. The first kappa shape index (κ1) is 25.3. The number of rotatable bonds is 9. The van der Waals surface area contributed by atoms with Crippen LogP contribution in [0.3, 0.4) is 0 Å². The van der Waals surface area contributed by atoms with Crippen molar-refractivity contribution in [2.45, 2.75) is 20.4 Å². The number of hydrogen-bond donors (Lipinski definition) is 1. The van der Waals surface area contributed by atoms with Gasteiger partial charge in [0, 0.05) is 5.56 Å². The lowest BCUT2D eigenvalue weighted by Gasteiger charge is -2.23. The van der Waals surface area contributed by atoms with Crippen LogP contribution in [-0.2, 0) is 16.6 Å². The molecule has 1 amide bonds. The molecule has 7 heteroatoms. The summed E-state index contributed by atoms with van der Waals surface area (Å²) in [4.78, 5) is 12.5. The number of fused-ring (bicyclic) bond motifs is 1. The summed E-state index contributed by atoms with van der Waals surface area (Å²) in [6.07, 6.45) is 1.20. The summed E-state index contributed by atoms with van der Waals surface area (Å²) in [5.74, 6) is 0.546. The van der Waals surface area contributed by atoms with Crippen LogP contribution in [0.5, 0.6) is 5.75 Å². The predicted octanol–water partition coefficient (Wildman–Crippen LogP) is 5.23. The van der Waals surface area contributed by atoms with E-state index in [-0.39, 0.29) is 12.5 Å². The average molecular weight is 503 g/mol. The van der Waals surface area contributed by atoms with Gasteiger partial charge in [-0.3, -0.25) is 9.10 Å². The largest absolute Gasteiger partial charge is 0.492 e. The zero-order valence-electron chi connectivity index (χ0n) is 20.7. The second kappa shape index (κ2) is 10.8. The summed E-state index contributed by atoms with van der Waals surface area (Å²) in [5.41, 5.74) is 4.04. The first-order valence-electron chi connectivity index (χ1n) is 11.7. The van der Waals surface area contributed by atoms with Crippen LogP contribution < -0.4 is 14.4 Å². The molecule has 0 aliphatic heterocycles. The van der Waals surface area contributed by atoms with Crippen LogP contribution >= 0.6 is 0 Å². The molecule has 0 saturated heterocycles. The Hall–Kier alpha value is -3.84. The van der Waals surface area contributed by atoms with Gasteiger partial charge >= 0.3 is 0 Å². The smallest absolute Gasteiger partial charge is 0.251 e. The van der Waals surface area contributed by atoms with Crippen molar-refractivity contribution in [3.8, 4) is 5.75 Å². The van der Waals surface area contributed by atoms with Gasteiger partial charge in [-0.2, -0.15) is 0 Å². The third-order valence-corrected chi connectivity index (χ3v) is 7.24. The van der Waals surface area contributed by atoms with Gasteiger partial charge in [0.15, 0.2) is 0 Å². The topological polar surface area (TPSA) is 75.7 Å². The van der Waals surface area contributed by atoms with Gasteiger partial charge in [0.25, 0.3) is 5.91 Å². The van der Waals surface area contributed by atoms with Gasteiger partial charge in [0.05, 0.1) is 25.0 Å². The number of carbonyl (C=O) groups is 1. The van der Waals surface area contributed by atoms with Crippen LogP contribution in [0.15, 0.2) is 84.9 Å². The monoisotopic (exact) mass is 502 g/mol. The summed E-state index contributed by atoms with van der Waals surface area (Å²) in [7, 11) is -3.48. The molecule has 0 aliphatic rings. The number of ether oxygens (including phenoxy) is 1. The van der Waals surface area contributed by atoms with Crippen LogP contribution in [0.1, 0.15) is 27.0 Å². The third kappa shape index (κ3) is 6.23. The van der Waals surface area contributed by atoms with Gasteiger partial charge in [0.2, 0.25) is 10.0 Å². The molecule has 36 heavy (non-hydrogen) atoms. The Morgan fingerprint density at radius 1 is 0.861 bits per heavy atom. The normalized spacial score (nSPS) is 11.3. The van der Waals surface area contributed by atoms with E-state index >= 15 is 0 Å². The van der Waals surface area contributed by atoms with Crippen LogP contribution in [-0.4, -0.2) is 33.7 Å². The van der Waals surface area contributed by atoms with Crippen molar-refractivity contribution in [1.29, 1.82) is 0 Å². The molecule has 4 aromatic carbocycles. The van der Waals surface area contributed by atoms with Crippen LogP contribution in [0, 0.1) is 13.8 Å². The highest BCUT2D eigenvalue weighted by atomic mass is 32.2. The molecule has 0 fully saturated rings. The lowest BCUT2D eigenvalue weighted by Crippen LogP contribution is -2.29. The van der Waals surface area contributed by atoms with Gasteiger partial charge in [-0.05, 0) is 77.7 Å². The Labute approximate surface area is 212 Å². The average Bonchev–Trinajstić information content (AvgIpc) is 2.86. The highest BCUT2D eigenvalue weighted by Gasteiger charge is 2.18. The van der Waals surface area contributed by atoms with Gasteiger partial charge in [-0.15, -0.1) is 0 Å². The minimum Gasteiger partial charge on any atom is -0.492 e. The number of benzene rings is 4. The van der Waals surface area contributed by atoms with E-state index in [1.54, 1.807) is 24.3 Å². The Balaban J connectivity index is 1.33. The summed E-state index contributed by atoms with van der Waals surface area (Å²) in [5, 5.41) is 5.11. The minimum absolute atomic E-state index is 0.183. The molecule has 0 aromatic heterocycles. The summed E-state index contributed by atoms with van der Waals surface area (Å²) < 4.78 is 32.1. The fourth-order valence-corrected chi connectivity index (χ4v) is 4.78. The lowest BCUT2D eigenvalue weighted by atomic mass is 10.1. The molecule has 1 N–H and O–H groups in total. The molecule has 6 nitrogen and oxygen atoms in total. The number of anilines is 1. The van der Waals surface area contributed by atoms with Crippen molar-refractivity contribution >= 4 is 32.4 Å². The van der Waals surface area contributed by atoms with Crippen molar-refractivity contribution < 1.29 is 17.9 Å². The second-order valence-corrected chi connectivity index (χ2v) is 10.8.